The van der Waals surface area contributed by atoms with E-state index in [1.807, 2.05) is 48.2 Å². The second-order valence-electron chi connectivity index (χ2n) is 8.12. The van der Waals surface area contributed by atoms with E-state index in [1.54, 1.807) is 6.08 Å². The molecule has 2 atom stereocenters. The minimum absolute atomic E-state index is 0.0558. The predicted octanol–water partition coefficient (Wildman–Crippen LogP) is 3.54. The number of nitrogens with one attached hydrogen (secondary N) is 2. The number of aromatic nitrogens is 2. The molecule has 33 heavy (non-hydrogen) atoms. The third-order valence-electron chi connectivity index (χ3n) is 5.39. The van der Waals surface area contributed by atoms with Gasteiger partial charge < -0.3 is 15.4 Å². The lowest BCUT2D eigenvalue weighted by atomic mass is 10.1. The van der Waals surface area contributed by atoms with E-state index >= 15 is 0 Å². The molecule has 0 spiro atoms. The number of anilines is 2. The molecule has 1 amide bonds. The van der Waals surface area contributed by atoms with Crippen LogP contribution in [0.1, 0.15) is 25.5 Å². The zero-order valence-electron chi connectivity index (χ0n) is 18.7. The van der Waals surface area contributed by atoms with Gasteiger partial charge in [-0.15, -0.1) is 0 Å². The number of cyclic esters (lactones) is 1. The first-order valence-corrected chi connectivity index (χ1v) is 10.9. The molecule has 0 radical (unpaired) electrons. The van der Waals surface area contributed by atoms with Crippen LogP contribution in [0.3, 0.4) is 0 Å². The molecular formula is C25H27N5O3. The average Bonchev–Trinajstić information content (AvgIpc) is 2.79. The van der Waals surface area contributed by atoms with Gasteiger partial charge in [-0.3, -0.25) is 14.5 Å². The van der Waals surface area contributed by atoms with Crippen molar-refractivity contribution >= 4 is 34.3 Å². The van der Waals surface area contributed by atoms with Crippen LogP contribution in [0.25, 0.3) is 10.9 Å². The second kappa shape index (κ2) is 10.2. The predicted molar refractivity (Wildman–Crippen MR) is 128 cm³/mol. The van der Waals surface area contributed by atoms with Crippen molar-refractivity contribution in [3.8, 4) is 0 Å². The van der Waals surface area contributed by atoms with Crippen molar-refractivity contribution in [3.05, 3.63) is 72.6 Å². The van der Waals surface area contributed by atoms with Gasteiger partial charge in [-0.25, -0.2) is 9.97 Å². The van der Waals surface area contributed by atoms with Crippen LogP contribution in [-0.2, 0) is 14.3 Å². The van der Waals surface area contributed by atoms with Crippen molar-refractivity contribution in [1.82, 2.24) is 14.9 Å². The SMILES string of the molecule is C[C@H]1CN(CC=CC(=O)Nc2ccc3ncnc(N[C@H](C)c4ccccc4)c3c2)CC(=O)O1. The maximum Gasteiger partial charge on any atom is 0.320 e. The Morgan fingerprint density at radius 1 is 1.24 bits per heavy atom. The van der Waals surface area contributed by atoms with Crippen LogP contribution in [-0.4, -0.2) is 52.5 Å². The van der Waals surface area contributed by atoms with Gasteiger partial charge in [-0.05, 0) is 37.6 Å². The summed E-state index contributed by atoms with van der Waals surface area (Å²) in [7, 11) is 0. The largest absolute Gasteiger partial charge is 0.460 e. The highest BCUT2D eigenvalue weighted by molar-refractivity contribution is 6.01. The highest BCUT2D eigenvalue weighted by Crippen LogP contribution is 2.26. The Balaban J connectivity index is 1.42. The average molecular weight is 446 g/mol. The second-order valence-corrected chi connectivity index (χ2v) is 8.12. The Morgan fingerprint density at radius 2 is 2.06 bits per heavy atom. The molecule has 1 aromatic heterocycles. The van der Waals surface area contributed by atoms with E-state index in [0.29, 0.717) is 24.6 Å². The summed E-state index contributed by atoms with van der Waals surface area (Å²) >= 11 is 0. The fourth-order valence-corrected chi connectivity index (χ4v) is 3.82. The summed E-state index contributed by atoms with van der Waals surface area (Å²) in [6.45, 7) is 5.32. The van der Waals surface area contributed by atoms with Crippen LogP contribution in [0.5, 0.6) is 0 Å². The highest BCUT2D eigenvalue weighted by atomic mass is 16.5. The normalized spacial score (nSPS) is 17.6. The lowest BCUT2D eigenvalue weighted by Gasteiger charge is -2.29. The molecule has 3 aromatic rings. The Hall–Kier alpha value is -3.78. The monoisotopic (exact) mass is 445 g/mol. The van der Waals surface area contributed by atoms with Crippen molar-refractivity contribution < 1.29 is 14.3 Å². The lowest BCUT2D eigenvalue weighted by Crippen LogP contribution is -2.44. The molecule has 2 N–H and O–H groups in total. The third kappa shape index (κ3) is 5.93. The molecule has 0 unspecified atom stereocenters. The number of hydrogen-bond acceptors (Lipinski definition) is 7. The van der Waals surface area contributed by atoms with E-state index in [9.17, 15) is 9.59 Å². The van der Waals surface area contributed by atoms with Gasteiger partial charge in [0.05, 0.1) is 12.1 Å². The maximum absolute atomic E-state index is 12.4. The number of amides is 1. The van der Waals surface area contributed by atoms with Gasteiger partial charge in [0.2, 0.25) is 5.91 Å². The minimum Gasteiger partial charge on any atom is -0.460 e. The fourth-order valence-electron chi connectivity index (χ4n) is 3.82. The van der Waals surface area contributed by atoms with E-state index in [4.69, 9.17) is 4.74 Å². The van der Waals surface area contributed by atoms with Gasteiger partial charge in [0.1, 0.15) is 18.2 Å². The summed E-state index contributed by atoms with van der Waals surface area (Å²) in [5, 5.41) is 7.14. The molecule has 170 valence electrons. The molecule has 8 nitrogen and oxygen atoms in total. The first-order valence-electron chi connectivity index (χ1n) is 10.9. The van der Waals surface area contributed by atoms with E-state index in [0.717, 1.165) is 16.5 Å². The molecule has 1 fully saturated rings. The number of nitrogens with zero attached hydrogens (tertiary/aromatic N) is 3. The molecule has 1 aliphatic heterocycles. The summed E-state index contributed by atoms with van der Waals surface area (Å²) < 4.78 is 5.12. The molecule has 2 aromatic carbocycles. The molecule has 0 bridgehead atoms. The zero-order valence-corrected chi connectivity index (χ0v) is 18.7. The Kier molecular flexibility index (Phi) is 6.95. The van der Waals surface area contributed by atoms with Gasteiger partial charge in [0.15, 0.2) is 0 Å². The quantitative estimate of drug-likeness (QED) is 0.424. The number of ether oxygens (including phenoxy) is 1. The zero-order chi connectivity index (χ0) is 23.2. The van der Waals surface area contributed by atoms with Crippen molar-refractivity contribution in [2.24, 2.45) is 0 Å². The van der Waals surface area contributed by atoms with Crippen molar-refractivity contribution in [1.29, 1.82) is 0 Å². The summed E-state index contributed by atoms with van der Waals surface area (Å²) in [5.41, 5.74) is 2.58. The maximum atomic E-state index is 12.4. The van der Waals surface area contributed by atoms with Crippen LogP contribution in [0.15, 0.2) is 67.0 Å². The third-order valence-corrected chi connectivity index (χ3v) is 5.39. The number of esters is 1. The van der Waals surface area contributed by atoms with Crippen molar-refractivity contribution in [2.45, 2.75) is 26.0 Å². The first-order chi connectivity index (χ1) is 16.0. The highest BCUT2D eigenvalue weighted by Gasteiger charge is 2.22. The number of fused-ring (bicyclic) bond motifs is 1. The van der Waals surface area contributed by atoms with Crippen molar-refractivity contribution in [2.75, 3.05) is 30.3 Å². The molecular weight excluding hydrogens is 418 g/mol. The smallest absolute Gasteiger partial charge is 0.320 e. The van der Waals surface area contributed by atoms with E-state index in [-0.39, 0.29) is 30.6 Å². The van der Waals surface area contributed by atoms with Crippen LogP contribution in [0.4, 0.5) is 11.5 Å². The van der Waals surface area contributed by atoms with Gasteiger partial charge in [-0.1, -0.05) is 36.4 Å². The van der Waals surface area contributed by atoms with Gasteiger partial charge in [-0.2, -0.15) is 0 Å². The molecule has 0 aliphatic carbocycles. The van der Waals surface area contributed by atoms with Crippen molar-refractivity contribution in [3.63, 3.8) is 0 Å². The van der Waals surface area contributed by atoms with Crippen LogP contribution in [0.2, 0.25) is 0 Å². The Bertz CT molecular complexity index is 1170. The number of morpholine rings is 1. The number of benzene rings is 2. The molecule has 1 aliphatic rings. The molecule has 2 heterocycles. The Labute approximate surface area is 192 Å². The summed E-state index contributed by atoms with van der Waals surface area (Å²) in [4.78, 5) is 34.6. The lowest BCUT2D eigenvalue weighted by molar-refractivity contribution is -0.156. The first kappa shape index (κ1) is 22.4. The molecule has 0 saturated carbocycles. The fraction of sp³-hybridized carbons (Fsp3) is 0.280. The number of hydrogen-bond donors (Lipinski definition) is 2. The van der Waals surface area contributed by atoms with E-state index < -0.39 is 0 Å². The van der Waals surface area contributed by atoms with E-state index in [2.05, 4.69) is 39.7 Å². The number of carbonyl (C=O) groups excluding carboxylic acids is 2. The topological polar surface area (TPSA) is 96.5 Å². The summed E-state index contributed by atoms with van der Waals surface area (Å²) in [6, 6.07) is 15.7. The minimum atomic E-state index is -0.244. The Morgan fingerprint density at radius 3 is 2.85 bits per heavy atom. The number of rotatable bonds is 7. The summed E-state index contributed by atoms with van der Waals surface area (Å²) in [6.07, 6.45) is 4.62. The molecule has 4 rings (SSSR count). The standard InChI is InChI=1S/C25H27N5O3/c1-17-14-30(15-24(32)33-17)12-6-9-23(31)29-20-10-11-22-21(13-20)25(27-16-26-22)28-18(2)19-7-4-3-5-8-19/h3-11,13,16-18H,12,14-15H2,1-2H3,(H,29,31)(H,26,27,28)/t17-,18+/m0/s1. The van der Waals surface area contributed by atoms with E-state index in [1.165, 1.54) is 12.4 Å². The van der Waals surface area contributed by atoms with Gasteiger partial charge >= 0.3 is 5.97 Å². The molecule has 8 heteroatoms. The number of carbonyl (C=O) groups is 2. The van der Waals surface area contributed by atoms with Gasteiger partial charge in [0.25, 0.3) is 0 Å². The van der Waals surface area contributed by atoms with Crippen LogP contribution in [0, 0.1) is 0 Å². The van der Waals surface area contributed by atoms with Crippen LogP contribution >= 0.6 is 0 Å². The molecule has 1 saturated heterocycles. The van der Waals surface area contributed by atoms with Crippen LogP contribution < -0.4 is 10.6 Å². The van der Waals surface area contributed by atoms with Gasteiger partial charge in [0, 0.05) is 36.3 Å². The summed E-state index contributed by atoms with van der Waals surface area (Å²) in [5.74, 6) is 0.219.